The number of nitrogens with zero attached hydrogens (tertiary/aromatic N) is 5. The summed E-state index contributed by atoms with van der Waals surface area (Å²) in [6.45, 7) is 1.26. The molecule has 4 heterocycles. The molecule has 0 bridgehead atoms. The number of fused-ring (bicyclic) bond motifs is 1. The summed E-state index contributed by atoms with van der Waals surface area (Å²) in [5, 5.41) is 0. The Kier molecular flexibility index (Phi) is 5.62. The molecule has 31 heavy (non-hydrogen) atoms. The first kappa shape index (κ1) is 19.7. The van der Waals surface area contributed by atoms with Crippen molar-refractivity contribution in [1.82, 2.24) is 19.9 Å². The smallest absolute Gasteiger partial charge is 0.205 e. The molecule has 1 unspecified atom stereocenters. The first-order valence-corrected chi connectivity index (χ1v) is 11.4. The molecule has 1 atom stereocenters. The number of anilines is 4. The van der Waals surface area contributed by atoms with Crippen molar-refractivity contribution in [1.29, 1.82) is 0 Å². The fraction of sp³-hybridized carbons (Fsp3) is 0.125. The van der Waals surface area contributed by atoms with E-state index in [0.717, 1.165) is 33.3 Å². The summed E-state index contributed by atoms with van der Waals surface area (Å²) in [5.41, 5.74) is 3.98. The maximum Gasteiger partial charge on any atom is 0.205 e. The van der Waals surface area contributed by atoms with Crippen LogP contribution >= 0.6 is 0 Å². The van der Waals surface area contributed by atoms with Crippen LogP contribution in [0, 0.1) is 0 Å². The third kappa shape index (κ3) is 4.03. The first-order chi connectivity index (χ1) is 15.3. The van der Waals surface area contributed by atoms with E-state index in [1.807, 2.05) is 73.2 Å². The van der Waals surface area contributed by atoms with Gasteiger partial charge < -0.3 is 9.45 Å². The van der Waals surface area contributed by atoms with E-state index in [4.69, 9.17) is 4.98 Å². The molecule has 1 aliphatic heterocycles. The van der Waals surface area contributed by atoms with Crippen molar-refractivity contribution in [2.75, 3.05) is 17.2 Å². The van der Waals surface area contributed by atoms with Crippen LogP contribution in [0.4, 0.5) is 22.9 Å². The maximum absolute atomic E-state index is 12.5. The minimum absolute atomic E-state index is 0.585. The van der Waals surface area contributed by atoms with Gasteiger partial charge in [-0.05, 0) is 47.6 Å². The Morgan fingerprint density at radius 1 is 0.871 bits per heavy atom. The monoisotopic (exact) mass is 427 g/mol. The Morgan fingerprint density at radius 3 is 2.29 bits per heavy atom. The molecule has 0 saturated heterocycles. The minimum atomic E-state index is -0.983. The molecule has 153 valence electrons. The molecule has 1 aliphatic rings. The van der Waals surface area contributed by atoms with Crippen molar-refractivity contribution in [3.05, 3.63) is 97.2 Å². The molecule has 5 rings (SSSR count). The Hall–Kier alpha value is -3.26. The second-order valence-corrected chi connectivity index (χ2v) is 8.70. The van der Waals surface area contributed by atoms with Crippen LogP contribution in [0.3, 0.4) is 0 Å². The number of rotatable bonds is 5. The summed E-state index contributed by atoms with van der Waals surface area (Å²) >= 11 is -0.983. The van der Waals surface area contributed by atoms with Gasteiger partial charge in [0.2, 0.25) is 11.4 Å². The number of hydrogen-bond acceptors (Lipinski definition) is 6. The summed E-state index contributed by atoms with van der Waals surface area (Å²) in [7, 11) is 0. The zero-order valence-corrected chi connectivity index (χ0v) is 17.7. The molecular weight excluding hydrogens is 406 g/mol. The Labute approximate surface area is 184 Å². The van der Waals surface area contributed by atoms with Gasteiger partial charge in [-0.2, -0.15) is 0 Å². The minimum Gasteiger partial charge on any atom is -0.611 e. The number of hydrogen-bond donors (Lipinski definition) is 0. The largest absolute Gasteiger partial charge is 0.611 e. The molecule has 7 heteroatoms. The van der Waals surface area contributed by atoms with Crippen LogP contribution in [-0.2, 0) is 17.7 Å². The average molecular weight is 428 g/mol. The lowest BCUT2D eigenvalue weighted by Gasteiger charge is -2.31. The molecule has 0 amide bonds. The Morgan fingerprint density at radius 2 is 1.58 bits per heavy atom. The van der Waals surface area contributed by atoms with Crippen molar-refractivity contribution >= 4 is 34.1 Å². The van der Waals surface area contributed by atoms with Gasteiger partial charge in [-0.25, -0.2) is 4.98 Å². The number of aromatic nitrogens is 3. The van der Waals surface area contributed by atoms with Gasteiger partial charge in [0.15, 0.2) is 11.4 Å². The normalized spacial score (nSPS) is 15.7. The Bertz CT molecular complexity index is 1120. The van der Waals surface area contributed by atoms with Crippen LogP contribution in [0.5, 0.6) is 0 Å². The standard InChI is InChI=1S/C24H21N5OS/c30-31-15-14-28(22-9-1-2-10-23(22)31)24-19(6-3-13-27-24)18-29(20-7-4-11-25-16-20)21-8-5-12-26-17-21/h1-13,16-17H,14-15,18H2/q+1. The molecule has 1 radical (unpaired) electrons. The van der Waals surface area contributed by atoms with Gasteiger partial charge in [0, 0.05) is 30.7 Å². The molecule has 0 aliphatic carbocycles. The maximum atomic E-state index is 12.5. The van der Waals surface area contributed by atoms with Crippen LogP contribution in [-0.4, -0.2) is 31.8 Å². The molecule has 0 N–H and O–H groups in total. The fourth-order valence-electron chi connectivity index (χ4n) is 3.82. The van der Waals surface area contributed by atoms with Crippen molar-refractivity contribution < 1.29 is 4.55 Å². The molecule has 3 aromatic heterocycles. The molecule has 0 spiro atoms. The topological polar surface area (TPSA) is 70.9 Å². The third-order valence-corrected chi connectivity index (χ3v) is 6.66. The Balaban J connectivity index is 1.56. The van der Waals surface area contributed by atoms with Crippen molar-refractivity contribution in [3.8, 4) is 0 Å². The van der Waals surface area contributed by atoms with Gasteiger partial charge in [0.05, 0.1) is 30.2 Å². The van der Waals surface area contributed by atoms with E-state index in [9.17, 15) is 4.55 Å². The van der Waals surface area contributed by atoms with Gasteiger partial charge in [0.25, 0.3) is 0 Å². The van der Waals surface area contributed by atoms with Crippen LogP contribution in [0.15, 0.2) is 96.5 Å². The summed E-state index contributed by atoms with van der Waals surface area (Å²) in [5.74, 6) is 1.46. The van der Waals surface area contributed by atoms with Crippen LogP contribution < -0.4 is 9.80 Å². The van der Waals surface area contributed by atoms with Gasteiger partial charge in [-0.1, -0.05) is 17.0 Å². The highest BCUT2D eigenvalue weighted by atomic mass is 32.2. The van der Waals surface area contributed by atoms with Crippen molar-refractivity contribution in [2.24, 2.45) is 0 Å². The van der Waals surface area contributed by atoms with E-state index in [0.29, 0.717) is 18.8 Å². The predicted molar refractivity (Wildman–Crippen MR) is 123 cm³/mol. The van der Waals surface area contributed by atoms with E-state index >= 15 is 0 Å². The first-order valence-electron chi connectivity index (χ1n) is 10.1. The van der Waals surface area contributed by atoms with E-state index in [1.54, 1.807) is 12.4 Å². The SMILES string of the molecule is [O-][S+]1CCN(c2ncccc2C[N+](c2cccnc2)c2cccnc2)c2ccccc21. The van der Waals surface area contributed by atoms with Crippen molar-refractivity contribution in [2.45, 2.75) is 11.4 Å². The summed E-state index contributed by atoms with van der Waals surface area (Å²) in [4.78, 5) is 18.6. The van der Waals surface area contributed by atoms with Gasteiger partial charge in [-0.15, -0.1) is 0 Å². The highest BCUT2D eigenvalue weighted by molar-refractivity contribution is 7.91. The zero-order chi connectivity index (χ0) is 21.0. The molecule has 4 aromatic rings. The molecule has 6 nitrogen and oxygen atoms in total. The van der Waals surface area contributed by atoms with E-state index in [-0.39, 0.29) is 0 Å². The van der Waals surface area contributed by atoms with Gasteiger partial charge in [0.1, 0.15) is 11.6 Å². The molecular formula is C24H21N5OS+. The van der Waals surface area contributed by atoms with Crippen LogP contribution in [0.1, 0.15) is 5.56 Å². The second kappa shape index (κ2) is 8.85. The lowest BCUT2D eigenvalue weighted by molar-refractivity contribution is 0.591. The highest BCUT2D eigenvalue weighted by Gasteiger charge is 2.32. The number of benzene rings is 1. The summed E-state index contributed by atoms with van der Waals surface area (Å²) in [6.07, 6.45) is 9.05. The zero-order valence-electron chi connectivity index (χ0n) is 16.8. The third-order valence-electron chi connectivity index (χ3n) is 5.27. The van der Waals surface area contributed by atoms with Crippen LogP contribution in [0.2, 0.25) is 0 Å². The highest BCUT2D eigenvalue weighted by Crippen LogP contribution is 2.37. The van der Waals surface area contributed by atoms with E-state index in [1.165, 1.54) is 0 Å². The van der Waals surface area contributed by atoms with Crippen molar-refractivity contribution in [3.63, 3.8) is 0 Å². The second-order valence-electron chi connectivity index (χ2n) is 7.16. The predicted octanol–water partition coefficient (Wildman–Crippen LogP) is 4.43. The quantitative estimate of drug-likeness (QED) is 0.348. The fourth-order valence-corrected chi connectivity index (χ4v) is 5.03. The van der Waals surface area contributed by atoms with E-state index < -0.39 is 11.2 Å². The van der Waals surface area contributed by atoms with Crippen LogP contribution in [0.25, 0.3) is 0 Å². The molecule has 0 fully saturated rings. The average Bonchev–Trinajstić information content (AvgIpc) is 2.84. The number of pyridine rings is 3. The summed E-state index contributed by atoms with van der Waals surface area (Å²) in [6, 6.07) is 19.9. The van der Waals surface area contributed by atoms with Gasteiger partial charge in [-0.3, -0.25) is 9.97 Å². The molecule has 1 aromatic carbocycles. The lowest BCUT2D eigenvalue weighted by Crippen LogP contribution is -2.33. The lowest BCUT2D eigenvalue weighted by atomic mass is 10.1. The number of para-hydroxylation sites is 1. The summed E-state index contributed by atoms with van der Waals surface area (Å²) < 4.78 is 12.5. The van der Waals surface area contributed by atoms with E-state index in [2.05, 4.69) is 25.8 Å². The van der Waals surface area contributed by atoms with Gasteiger partial charge >= 0.3 is 0 Å². The molecule has 0 saturated carbocycles.